The molecule has 15 heavy (non-hydrogen) atoms. The van der Waals surface area contributed by atoms with E-state index < -0.39 is 0 Å². The second-order valence-electron chi connectivity index (χ2n) is 3.00. The predicted molar refractivity (Wildman–Crippen MR) is 62.1 cm³/mol. The van der Waals surface area contributed by atoms with Gasteiger partial charge in [-0.1, -0.05) is 0 Å². The summed E-state index contributed by atoms with van der Waals surface area (Å²) in [5, 5.41) is 3.37. The van der Waals surface area contributed by atoms with Crippen molar-refractivity contribution in [1.29, 1.82) is 0 Å². The summed E-state index contributed by atoms with van der Waals surface area (Å²) in [4.78, 5) is 17.4. The number of thiophene rings is 1. The number of anilines is 1. The van der Waals surface area contributed by atoms with Gasteiger partial charge in [0.05, 0.1) is 5.39 Å². The molecule has 0 saturated carbocycles. The van der Waals surface area contributed by atoms with Gasteiger partial charge in [-0.2, -0.15) is 4.98 Å². The standard InChI is InChI=1S/C9H9ClN2O2S/c1-5-4-6-7(15-5)12-9(11-3-2-10)14-8(6)13/h4H,2-3H2,1H3,(H,11,12). The van der Waals surface area contributed by atoms with Crippen LogP contribution in [0.4, 0.5) is 6.01 Å². The van der Waals surface area contributed by atoms with Crippen molar-refractivity contribution in [2.75, 3.05) is 17.7 Å². The van der Waals surface area contributed by atoms with Crippen LogP contribution in [-0.4, -0.2) is 17.4 Å². The molecule has 0 aliphatic rings. The Morgan fingerprint density at radius 1 is 1.67 bits per heavy atom. The Balaban J connectivity index is 2.47. The van der Waals surface area contributed by atoms with Crippen LogP contribution in [0.1, 0.15) is 4.88 Å². The van der Waals surface area contributed by atoms with Crippen molar-refractivity contribution >= 4 is 39.2 Å². The zero-order valence-corrected chi connectivity index (χ0v) is 9.61. The Labute approximate surface area is 94.9 Å². The zero-order valence-electron chi connectivity index (χ0n) is 8.04. The van der Waals surface area contributed by atoms with Crippen LogP contribution in [0.2, 0.25) is 0 Å². The zero-order chi connectivity index (χ0) is 10.8. The van der Waals surface area contributed by atoms with Crippen molar-refractivity contribution in [3.63, 3.8) is 0 Å². The summed E-state index contributed by atoms with van der Waals surface area (Å²) in [6, 6.07) is 2.01. The molecule has 1 N–H and O–H groups in total. The Kier molecular flexibility index (Phi) is 2.93. The summed E-state index contributed by atoms with van der Waals surface area (Å²) in [7, 11) is 0. The maximum Gasteiger partial charge on any atom is 0.349 e. The van der Waals surface area contributed by atoms with Crippen LogP contribution in [0.15, 0.2) is 15.3 Å². The first-order valence-electron chi connectivity index (χ1n) is 4.42. The number of rotatable bonds is 3. The Morgan fingerprint density at radius 3 is 3.20 bits per heavy atom. The van der Waals surface area contributed by atoms with Crippen molar-refractivity contribution in [1.82, 2.24) is 4.98 Å². The van der Waals surface area contributed by atoms with Crippen molar-refractivity contribution < 1.29 is 4.42 Å². The lowest BCUT2D eigenvalue weighted by atomic mass is 10.4. The minimum absolute atomic E-state index is 0.231. The highest BCUT2D eigenvalue weighted by Gasteiger charge is 2.08. The molecule has 0 aromatic carbocycles. The number of aromatic nitrogens is 1. The van der Waals surface area contributed by atoms with Gasteiger partial charge in [-0.05, 0) is 13.0 Å². The predicted octanol–water partition coefficient (Wildman–Crippen LogP) is 2.21. The van der Waals surface area contributed by atoms with Crippen molar-refractivity contribution in [2.24, 2.45) is 0 Å². The highest BCUT2D eigenvalue weighted by Crippen LogP contribution is 2.21. The number of fused-ring (bicyclic) bond motifs is 1. The Morgan fingerprint density at radius 2 is 2.47 bits per heavy atom. The van der Waals surface area contributed by atoms with Crippen LogP contribution < -0.4 is 10.9 Å². The number of hydrogen-bond donors (Lipinski definition) is 1. The molecule has 2 aromatic rings. The highest BCUT2D eigenvalue weighted by atomic mass is 35.5. The lowest BCUT2D eigenvalue weighted by Gasteiger charge is -1.99. The quantitative estimate of drug-likeness (QED) is 0.841. The van der Waals surface area contributed by atoms with E-state index in [4.69, 9.17) is 16.0 Å². The first-order chi connectivity index (χ1) is 7.20. The van der Waals surface area contributed by atoms with Crippen LogP contribution >= 0.6 is 22.9 Å². The second kappa shape index (κ2) is 4.20. The summed E-state index contributed by atoms with van der Waals surface area (Å²) >= 11 is 6.98. The average molecular weight is 245 g/mol. The number of nitrogens with one attached hydrogen (secondary N) is 1. The number of alkyl halides is 1. The third kappa shape index (κ3) is 2.13. The molecule has 0 bridgehead atoms. The molecule has 4 nitrogen and oxygen atoms in total. The number of halogens is 1. The number of nitrogens with zero attached hydrogens (tertiary/aromatic N) is 1. The topological polar surface area (TPSA) is 55.1 Å². The van der Waals surface area contributed by atoms with E-state index in [1.165, 1.54) is 11.3 Å². The second-order valence-corrected chi connectivity index (χ2v) is 4.61. The van der Waals surface area contributed by atoms with Crippen LogP contribution in [0, 0.1) is 6.92 Å². The van der Waals surface area contributed by atoms with Gasteiger partial charge < -0.3 is 9.73 Å². The number of aryl methyl sites for hydroxylation is 1. The van der Waals surface area contributed by atoms with E-state index in [0.29, 0.717) is 22.6 Å². The maximum absolute atomic E-state index is 11.5. The third-order valence-electron chi connectivity index (χ3n) is 1.82. The SMILES string of the molecule is Cc1cc2c(=O)oc(NCCCl)nc2s1. The fraction of sp³-hybridized carbons (Fsp3) is 0.333. The summed E-state index contributed by atoms with van der Waals surface area (Å²) in [6.07, 6.45) is 0. The molecule has 0 amide bonds. The molecule has 0 saturated heterocycles. The molecule has 0 atom stereocenters. The Hall–Kier alpha value is -1.07. The van der Waals surface area contributed by atoms with Crippen molar-refractivity contribution in [3.8, 4) is 0 Å². The minimum atomic E-state index is -0.360. The molecule has 2 rings (SSSR count). The Bertz CT molecular complexity index is 534. The lowest BCUT2D eigenvalue weighted by molar-refractivity contribution is 0.518. The van der Waals surface area contributed by atoms with E-state index in [1.54, 1.807) is 6.07 Å². The monoisotopic (exact) mass is 244 g/mol. The molecule has 0 radical (unpaired) electrons. The van der Waals surface area contributed by atoms with Gasteiger partial charge in [0.2, 0.25) is 0 Å². The molecule has 2 heterocycles. The summed E-state index contributed by atoms with van der Waals surface area (Å²) in [6.45, 7) is 2.45. The fourth-order valence-electron chi connectivity index (χ4n) is 1.22. The van der Waals surface area contributed by atoms with E-state index in [2.05, 4.69) is 10.3 Å². The van der Waals surface area contributed by atoms with Gasteiger partial charge in [0.25, 0.3) is 6.01 Å². The van der Waals surface area contributed by atoms with Gasteiger partial charge in [-0.25, -0.2) is 4.79 Å². The van der Waals surface area contributed by atoms with E-state index in [0.717, 1.165) is 4.88 Å². The van der Waals surface area contributed by atoms with E-state index in [1.807, 2.05) is 6.92 Å². The number of hydrogen-bond acceptors (Lipinski definition) is 5. The first-order valence-corrected chi connectivity index (χ1v) is 5.77. The molecule has 0 aliphatic carbocycles. The molecule has 0 aliphatic heterocycles. The maximum atomic E-state index is 11.5. The van der Waals surface area contributed by atoms with Gasteiger partial charge in [0.15, 0.2) is 0 Å². The third-order valence-corrected chi connectivity index (χ3v) is 2.95. The van der Waals surface area contributed by atoms with Gasteiger partial charge in [-0.3, -0.25) is 0 Å². The minimum Gasteiger partial charge on any atom is -0.389 e. The van der Waals surface area contributed by atoms with E-state index in [9.17, 15) is 4.79 Å². The molecular formula is C9H9ClN2O2S. The van der Waals surface area contributed by atoms with E-state index >= 15 is 0 Å². The summed E-state index contributed by atoms with van der Waals surface area (Å²) in [5.41, 5.74) is -0.360. The summed E-state index contributed by atoms with van der Waals surface area (Å²) < 4.78 is 4.98. The molecule has 80 valence electrons. The van der Waals surface area contributed by atoms with Gasteiger partial charge >= 0.3 is 5.63 Å². The van der Waals surface area contributed by atoms with Crippen molar-refractivity contribution in [3.05, 3.63) is 21.4 Å². The summed E-state index contributed by atoms with van der Waals surface area (Å²) in [5.74, 6) is 0.437. The molecule has 0 fully saturated rings. The smallest absolute Gasteiger partial charge is 0.349 e. The average Bonchev–Trinajstić information content (AvgIpc) is 2.56. The highest BCUT2D eigenvalue weighted by molar-refractivity contribution is 7.18. The largest absolute Gasteiger partial charge is 0.389 e. The van der Waals surface area contributed by atoms with Crippen LogP contribution in [0.25, 0.3) is 10.2 Å². The lowest BCUT2D eigenvalue weighted by Crippen LogP contribution is -2.08. The van der Waals surface area contributed by atoms with Gasteiger partial charge in [-0.15, -0.1) is 22.9 Å². The molecule has 0 unspecified atom stereocenters. The van der Waals surface area contributed by atoms with E-state index in [-0.39, 0.29) is 11.6 Å². The molecule has 2 aromatic heterocycles. The van der Waals surface area contributed by atoms with Gasteiger partial charge in [0.1, 0.15) is 4.83 Å². The van der Waals surface area contributed by atoms with Crippen molar-refractivity contribution in [2.45, 2.75) is 6.92 Å². The van der Waals surface area contributed by atoms with Crippen LogP contribution in [0.3, 0.4) is 0 Å². The normalized spacial score (nSPS) is 10.8. The fourth-order valence-corrected chi connectivity index (χ4v) is 2.18. The van der Waals surface area contributed by atoms with Crippen LogP contribution in [-0.2, 0) is 0 Å². The van der Waals surface area contributed by atoms with Gasteiger partial charge in [0, 0.05) is 17.3 Å². The first kappa shape index (κ1) is 10.4. The molecule has 0 spiro atoms. The molecule has 6 heteroatoms. The molecular weight excluding hydrogens is 236 g/mol. The van der Waals surface area contributed by atoms with Crippen LogP contribution in [0.5, 0.6) is 0 Å².